The van der Waals surface area contributed by atoms with Crippen molar-refractivity contribution in [2.75, 3.05) is 19.8 Å². The first-order valence-electron chi connectivity index (χ1n) is 7.90. The summed E-state index contributed by atoms with van der Waals surface area (Å²) < 4.78 is 11.0. The van der Waals surface area contributed by atoms with E-state index < -0.39 is 0 Å². The smallest absolute Gasteiger partial charge is 0.312 e. The zero-order valence-corrected chi connectivity index (χ0v) is 11.8. The lowest BCUT2D eigenvalue weighted by atomic mass is 9.69. The average molecular weight is 264 g/mol. The van der Waals surface area contributed by atoms with E-state index >= 15 is 0 Å². The minimum atomic E-state index is -0.0873. The Kier molecular flexibility index (Phi) is 2.55. The van der Waals surface area contributed by atoms with Gasteiger partial charge < -0.3 is 9.47 Å². The second-order valence-corrected chi connectivity index (χ2v) is 7.67. The molecular formula is C16H24O3. The fourth-order valence-corrected chi connectivity index (χ4v) is 5.21. The molecule has 2 atom stereocenters. The molecule has 1 saturated heterocycles. The van der Waals surface area contributed by atoms with Crippen LogP contribution in [-0.2, 0) is 14.3 Å². The molecule has 0 aromatic heterocycles. The predicted molar refractivity (Wildman–Crippen MR) is 70.5 cm³/mol. The second-order valence-electron chi connectivity index (χ2n) is 7.67. The van der Waals surface area contributed by atoms with Gasteiger partial charge in [0, 0.05) is 0 Å². The maximum atomic E-state index is 12.6. The third-order valence-corrected chi connectivity index (χ3v) is 6.43. The van der Waals surface area contributed by atoms with E-state index in [1.54, 1.807) is 0 Å². The first kappa shape index (κ1) is 12.2. The molecule has 4 aliphatic carbocycles. The number of ether oxygens (including phenoxy) is 2. The van der Waals surface area contributed by atoms with Gasteiger partial charge in [-0.3, -0.25) is 4.79 Å². The van der Waals surface area contributed by atoms with E-state index in [0.717, 1.165) is 56.7 Å². The standard InChI is InChI=1S/C16H24O3/c1-2-15(8-18-9-15)10-19-14(17)16-5-11-3-12(6-16)13(4-11)7-16/h11-13H,2-10H2,1H3. The molecule has 1 heterocycles. The largest absolute Gasteiger partial charge is 0.464 e. The van der Waals surface area contributed by atoms with E-state index in [1.807, 2.05) is 0 Å². The summed E-state index contributed by atoms with van der Waals surface area (Å²) >= 11 is 0. The fraction of sp³-hybridized carbons (Fsp3) is 0.938. The lowest BCUT2D eigenvalue weighted by Crippen LogP contribution is -2.47. The van der Waals surface area contributed by atoms with Crippen molar-refractivity contribution >= 4 is 5.97 Å². The van der Waals surface area contributed by atoms with E-state index in [0.29, 0.717) is 6.61 Å². The van der Waals surface area contributed by atoms with Gasteiger partial charge in [-0.25, -0.2) is 0 Å². The molecule has 0 radical (unpaired) electrons. The van der Waals surface area contributed by atoms with Crippen LogP contribution in [0.1, 0.15) is 45.4 Å². The number of esters is 1. The van der Waals surface area contributed by atoms with Gasteiger partial charge in [0.2, 0.25) is 0 Å². The first-order valence-corrected chi connectivity index (χ1v) is 7.90. The molecular weight excluding hydrogens is 240 g/mol. The van der Waals surface area contributed by atoms with Crippen molar-refractivity contribution in [2.45, 2.75) is 45.4 Å². The Balaban J connectivity index is 1.41. The van der Waals surface area contributed by atoms with Crippen LogP contribution in [0.5, 0.6) is 0 Å². The summed E-state index contributed by atoms with van der Waals surface area (Å²) in [6, 6.07) is 0. The fourth-order valence-electron chi connectivity index (χ4n) is 5.21. The number of hydrogen-bond acceptors (Lipinski definition) is 3. The third-order valence-electron chi connectivity index (χ3n) is 6.43. The Hall–Kier alpha value is -0.570. The van der Waals surface area contributed by atoms with E-state index in [1.165, 1.54) is 12.8 Å². The second kappa shape index (κ2) is 3.97. The Labute approximate surface area is 115 Å². The van der Waals surface area contributed by atoms with Crippen LogP contribution in [0.4, 0.5) is 0 Å². The van der Waals surface area contributed by atoms with Gasteiger partial charge in [0.05, 0.1) is 24.0 Å². The highest BCUT2D eigenvalue weighted by molar-refractivity contribution is 5.78. The molecule has 0 N–H and O–H groups in total. The quantitative estimate of drug-likeness (QED) is 0.732. The van der Waals surface area contributed by atoms with Crippen LogP contribution in [0, 0.1) is 28.6 Å². The van der Waals surface area contributed by atoms with Gasteiger partial charge in [-0.15, -0.1) is 0 Å². The zero-order valence-electron chi connectivity index (χ0n) is 11.8. The molecule has 0 aromatic rings. The predicted octanol–water partition coefficient (Wildman–Crippen LogP) is 2.78. The number of rotatable bonds is 4. The Bertz CT molecular complexity index is 374. The molecule has 3 heteroatoms. The van der Waals surface area contributed by atoms with E-state index in [4.69, 9.17) is 9.47 Å². The van der Waals surface area contributed by atoms with Gasteiger partial charge in [-0.1, -0.05) is 6.92 Å². The molecule has 5 aliphatic rings. The van der Waals surface area contributed by atoms with E-state index in [2.05, 4.69) is 6.92 Å². The first-order chi connectivity index (χ1) is 9.15. The van der Waals surface area contributed by atoms with Gasteiger partial charge in [-0.05, 0) is 56.3 Å². The minimum Gasteiger partial charge on any atom is -0.464 e. The SMILES string of the molecule is CCC1(COC(=O)C23CC4CC(C2)C(C4)C3)COC1. The van der Waals surface area contributed by atoms with Crippen LogP contribution in [-0.4, -0.2) is 25.8 Å². The van der Waals surface area contributed by atoms with Gasteiger partial charge >= 0.3 is 5.97 Å². The lowest BCUT2D eigenvalue weighted by Gasteiger charge is -2.42. The van der Waals surface area contributed by atoms with Crippen molar-refractivity contribution in [1.29, 1.82) is 0 Å². The summed E-state index contributed by atoms with van der Waals surface area (Å²) in [5.41, 5.74) is 0.0396. The molecule has 4 saturated carbocycles. The summed E-state index contributed by atoms with van der Waals surface area (Å²) in [6.07, 6.45) is 7.14. The molecule has 5 fully saturated rings. The van der Waals surface area contributed by atoms with Crippen molar-refractivity contribution in [3.05, 3.63) is 0 Å². The minimum absolute atomic E-state index is 0.0873. The monoisotopic (exact) mass is 264 g/mol. The molecule has 0 spiro atoms. The summed E-state index contributed by atoms with van der Waals surface area (Å²) in [5, 5.41) is 0. The number of carbonyl (C=O) groups excluding carboxylic acids is 1. The van der Waals surface area contributed by atoms with Gasteiger partial charge in [0.1, 0.15) is 6.61 Å². The van der Waals surface area contributed by atoms with E-state index in [9.17, 15) is 4.79 Å². The van der Waals surface area contributed by atoms with Crippen molar-refractivity contribution in [1.82, 2.24) is 0 Å². The van der Waals surface area contributed by atoms with E-state index in [-0.39, 0.29) is 16.8 Å². The molecule has 0 amide bonds. The summed E-state index contributed by atoms with van der Waals surface area (Å²) in [6.45, 7) is 4.26. The topological polar surface area (TPSA) is 35.5 Å². The van der Waals surface area contributed by atoms with Crippen LogP contribution in [0.2, 0.25) is 0 Å². The highest BCUT2D eigenvalue weighted by Crippen LogP contribution is 2.64. The highest BCUT2D eigenvalue weighted by atomic mass is 16.5. The maximum absolute atomic E-state index is 12.6. The summed E-state index contributed by atoms with van der Waals surface area (Å²) in [7, 11) is 0. The third kappa shape index (κ3) is 1.70. The van der Waals surface area contributed by atoms with Crippen molar-refractivity contribution < 1.29 is 14.3 Å². The van der Waals surface area contributed by atoms with Gasteiger partial charge in [-0.2, -0.15) is 0 Å². The van der Waals surface area contributed by atoms with Crippen LogP contribution in [0.25, 0.3) is 0 Å². The summed E-state index contributed by atoms with van der Waals surface area (Å²) in [5.74, 6) is 2.60. The average Bonchev–Trinajstić information content (AvgIpc) is 2.76. The van der Waals surface area contributed by atoms with Gasteiger partial charge in [0.15, 0.2) is 0 Å². The molecule has 3 nitrogen and oxygen atoms in total. The number of hydrogen-bond donors (Lipinski definition) is 0. The van der Waals surface area contributed by atoms with Crippen LogP contribution < -0.4 is 0 Å². The maximum Gasteiger partial charge on any atom is 0.312 e. The molecule has 19 heavy (non-hydrogen) atoms. The Morgan fingerprint density at radius 1 is 1.21 bits per heavy atom. The van der Waals surface area contributed by atoms with Gasteiger partial charge in [0.25, 0.3) is 0 Å². The molecule has 2 unspecified atom stereocenters. The van der Waals surface area contributed by atoms with Crippen LogP contribution in [0.15, 0.2) is 0 Å². The highest BCUT2D eigenvalue weighted by Gasteiger charge is 2.60. The Morgan fingerprint density at radius 2 is 1.89 bits per heavy atom. The Morgan fingerprint density at radius 3 is 2.37 bits per heavy atom. The zero-order chi connectivity index (χ0) is 13.1. The lowest BCUT2D eigenvalue weighted by molar-refractivity contribution is -0.181. The van der Waals surface area contributed by atoms with Crippen molar-refractivity contribution in [3.8, 4) is 0 Å². The molecule has 1 aliphatic heterocycles. The molecule has 5 rings (SSSR count). The normalized spacial score (nSPS) is 45.2. The molecule has 4 bridgehead atoms. The number of carbonyl (C=O) groups is 1. The molecule has 0 aromatic carbocycles. The van der Waals surface area contributed by atoms with Crippen molar-refractivity contribution in [3.63, 3.8) is 0 Å². The molecule has 106 valence electrons. The van der Waals surface area contributed by atoms with Crippen LogP contribution in [0.3, 0.4) is 0 Å². The van der Waals surface area contributed by atoms with Crippen LogP contribution >= 0.6 is 0 Å². The summed E-state index contributed by atoms with van der Waals surface area (Å²) in [4.78, 5) is 12.6. The van der Waals surface area contributed by atoms with Crippen molar-refractivity contribution in [2.24, 2.45) is 28.6 Å².